The lowest BCUT2D eigenvalue weighted by molar-refractivity contribution is -0.215. The van der Waals surface area contributed by atoms with Crippen molar-refractivity contribution in [1.29, 1.82) is 0 Å². The summed E-state index contributed by atoms with van der Waals surface area (Å²) in [5.41, 5.74) is 0.754. The zero-order chi connectivity index (χ0) is 16.0. The van der Waals surface area contributed by atoms with Crippen LogP contribution in [0.2, 0.25) is 0 Å². The molecule has 0 heterocycles. The van der Waals surface area contributed by atoms with E-state index in [1.807, 2.05) is 0 Å². The summed E-state index contributed by atoms with van der Waals surface area (Å²) in [7, 11) is 4.67. The molecule has 1 rings (SSSR count). The normalized spacial score (nSPS) is 14.6. The van der Waals surface area contributed by atoms with E-state index in [0.717, 1.165) is 12.5 Å². The highest BCUT2D eigenvalue weighted by molar-refractivity contribution is 5.43. The highest BCUT2D eigenvalue weighted by Gasteiger charge is 2.37. The molecule has 0 aliphatic heterocycles. The number of ether oxygens (including phenoxy) is 3. The van der Waals surface area contributed by atoms with Gasteiger partial charge in [-0.2, -0.15) is 13.2 Å². The van der Waals surface area contributed by atoms with E-state index in [2.05, 4.69) is 5.32 Å². The Morgan fingerprint density at radius 3 is 2.24 bits per heavy atom. The van der Waals surface area contributed by atoms with Gasteiger partial charge in [0, 0.05) is 0 Å². The van der Waals surface area contributed by atoms with Gasteiger partial charge in [-0.05, 0) is 31.7 Å². The van der Waals surface area contributed by atoms with E-state index in [4.69, 9.17) is 14.2 Å². The van der Waals surface area contributed by atoms with Crippen LogP contribution < -0.4 is 14.8 Å². The van der Waals surface area contributed by atoms with Crippen molar-refractivity contribution in [3.8, 4) is 11.5 Å². The monoisotopic (exact) mass is 307 g/mol. The van der Waals surface area contributed by atoms with Crippen molar-refractivity contribution >= 4 is 0 Å². The van der Waals surface area contributed by atoms with Crippen LogP contribution in [0.1, 0.15) is 18.5 Å². The summed E-state index contributed by atoms with van der Waals surface area (Å²) >= 11 is 0. The SMILES string of the molecule is CNC(COC(C)C(F)(F)F)c1ccc(OC)c(OC)c1. The van der Waals surface area contributed by atoms with Gasteiger partial charge < -0.3 is 19.5 Å². The van der Waals surface area contributed by atoms with Crippen molar-refractivity contribution in [1.82, 2.24) is 5.32 Å². The first-order valence-electron chi connectivity index (χ1n) is 6.41. The molecule has 0 spiro atoms. The van der Waals surface area contributed by atoms with Crippen molar-refractivity contribution in [2.24, 2.45) is 0 Å². The average molecular weight is 307 g/mol. The lowest BCUT2D eigenvalue weighted by Crippen LogP contribution is -2.32. The highest BCUT2D eigenvalue weighted by Crippen LogP contribution is 2.30. The number of methoxy groups -OCH3 is 2. The van der Waals surface area contributed by atoms with E-state index in [1.165, 1.54) is 14.2 Å². The first kappa shape index (κ1) is 17.6. The molecule has 2 unspecified atom stereocenters. The summed E-state index contributed by atoms with van der Waals surface area (Å²) in [6, 6.07) is 4.78. The first-order valence-corrected chi connectivity index (χ1v) is 6.41. The number of hydrogen-bond donors (Lipinski definition) is 1. The fraction of sp³-hybridized carbons (Fsp3) is 0.571. The van der Waals surface area contributed by atoms with Crippen molar-refractivity contribution in [2.75, 3.05) is 27.9 Å². The second-order valence-electron chi connectivity index (χ2n) is 4.47. The maximum Gasteiger partial charge on any atom is 0.414 e. The topological polar surface area (TPSA) is 39.7 Å². The number of halogens is 3. The number of nitrogens with one attached hydrogen (secondary N) is 1. The Balaban J connectivity index is 2.81. The molecule has 0 amide bonds. The Morgan fingerprint density at radius 2 is 1.76 bits per heavy atom. The van der Waals surface area contributed by atoms with Crippen LogP contribution in [0.4, 0.5) is 13.2 Å². The molecule has 120 valence electrons. The number of hydrogen-bond acceptors (Lipinski definition) is 4. The fourth-order valence-electron chi connectivity index (χ4n) is 1.75. The van der Waals surface area contributed by atoms with Crippen LogP contribution in [0.25, 0.3) is 0 Å². The van der Waals surface area contributed by atoms with E-state index in [0.29, 0.717) is 11.5 Å². The van der Waals surface area contributed by atoms with Crippen LogP contribution in [-0.2, 0) is 4.74 Å². The highest BCUT2D eigenvalue weighted by atomic mass is 19.4. The van der Waals surface area contributed by atoms with Gasteiger partial charge in [0.25, 0.3) is 0 Å². The van der Waals surface area contributed by atoms with Gasteiger partial charge in [0.2, 0.25) is 0 Å². The zero-order valence-electron chi connectivity index (χ0n) is 12.5. The third kappa shape index (κ3) is 4.78. The standard InChI is InChI=1S/C14H20F3NO3/c1-9(14(15,16)17)21-8-11(18-2)10-5-6-12(19-3)13(7-10)20-4/h5-7,9,11,18H,8H2,1-4H3. The summed E-state index contributed by atoms with van der Waals surface area (Å²) < 4.78 is 52.5. The van der Waals surface area contributed by atoms with Gasteiger partial charge in [0.1, 0.15) is 0 Å². The smallest absolute Gasteiger partial charge is 0.414 e. The minimum absolute atomic E-state index is 0.105. The Hall–Kier alpha value is -1.47. The summed E-state index contributed by atoms with van der Waals surface area (Å²) in [4.78, 5) is 0. The third-order valence-corrected chi connectivity index (χ3v) is 3.13. The second-order valence-corrected chi connectivity index (χ2v) is 4.47. The molecule has 1 aromatic carbocycles. The molecule has 0 bridgehead atoms. The molecule has 1 aromatic rings. The van der Waals surface area contributed by atoms with Crippen LogP contribution in [0, 0.1) is 0 Å². The van der Waals surface area contributed by atoms with Crippen molar-refractivity contribution in [3.63, 3.8) is 0 Å². The molecule has 0 fully saturated rings. The summed E-state index contributed by atoms with van der Waals surface area (Å²) in [6.07, 6.45) is -6.18. The minimum atomic E-state index is -4.37. The molecule has 0 aliphatic carbocycles. The van der Waals surface area contributed by atoms with E-state index < -0.39 is 12.3 Å². The number of likely N-dealkylation sites (N-methyl/N-ethyl adjacent to an activating group) is 1. The van der Waals surface area contributed by atoms with Gasteiger partial charge in [-0.3, -0.25) is 0 Å². The van der Waals surface area contributed by atoms with Crippen molar-refractivity contribution in [3.05, 3.63) is 23.8 Å². The first-order chi connectivity index (χ1) is 9.83. The van der Waals surface area contributed by atoms with E-state index in [9.17, 15) is 13.2 Å². The predicted octanol–water partition coefficient (Wildman–Crippen LogP) is 2.93. The quantitative estimate of drug-likeness (QED) is 0.841. The Kier molecular flexibility index (Phi) is 6.29. The molecule has 0 saturated carbocycles. The largest absolute Gasteiger partial charge is 0.493 e. The van der Waals surface area contributed by atoms with E-state index in [1.54, 1.807) is 25.2 Å². The lowest BCUT2D eigenvalue weighted by Gasteiger charge is -2.22. The molecule has 2 atom stereocenters. The summed E-state index contributed by atoms with van der Waals surface area (Å²) in [5, 5.41) is 2.93. The van der Waals surface area contributed by atoms with Gasteiger partial charge in [0.15, 0.2) is 17.6 Å². The molecule has 0 aliphatic rings. The molecule has 0 radical (unpaired) electrons. The van der Waals surface area contributed by atoms with Gasteiger partial charge in [-0.25, -0.2) is 0 Å². The molecule has 0 saturated heterocycles. The molecule has 1 N–H and O–H groups in total. The van der Waals surface area contributed by atoms with Crippen molar-refractivity contribution < 1.29 is 27.4 Å². The van der Waals surface area contributed by atoms with Gasteiger partial charge >= 0.3 is 6.18 Å². The van der Waals surface area contributed by atoms with Crippen LogP contribution in [0.5, 0.6) is 11.5 Å². The number of benzene rings is 1. The van der Waals surface area contributed by atoms with Crippen LogP contribution in [-0.4, -0.2) is 40.2 Å². The van der Waals surface area contributed by atoms with Crippen LogP contribution >= 0.6 is 0 Å². The molecule has 0 aromatic heterocycles. The van der Waals surface area contributed by atoms with Crippen LogP contribution in [0.3, 0.4) is 0 Å². The summed E-state index contributed by atoms with van der Waals surface area (Å²) in [6.45, 7) is 0.883. The summed E-state index contributed by atoms with van der Waals surface area (Å²) in [5.74, 6) is 1.07. The maximum absolute atomic E-state index is 12.4. The molecule has 7 heteroatoms. The third-order valence-electron chi connectivity index (χ3n) is 3.13. The predicted molar refractivity (Wildman–Crippen MR) is 72.8 cm³/mol. The Bertz CT molecular complexity index is 452. The molecule has 21 heavy (non-hydrogen) atoms. The lowest BCUT2D eigenvalue weighted by atomic mass is 10.1. The Labute approximate surface area is 122 Å². The van der Waals surface area contributed by atoms with Crippen molar-refractivity contribution in [2.45, 2.75) is 25.2 Å². The van der Waals surface area contributed by atoms with Gasteiger partial charge in [-0.1, -0.05) is 6.07 Å². The zero-order valence-corrected chi connectivity index (χ0v) is 12.5. The van der Waals surface area contributed by atoms with Crippen LogP contribution in [0.15, 0.2) is 18.2 Å². The Morgan fingerprint density at radius 1 is 1.14 bits per heavy atom. The number of rotatable bonds is 7. The average Bonchev–Trinajstić information content (AvgIpc) is 2.46. The second kappa shape index (κ2) is 7.51. The molecule has 4 nitrogen and oxygen atoms in total. The van der Waals surface area contributed by atoms with E-state index >= 15 is 0 Å². The van der Waals surface area contributed by atoms with E-state index in [-0.39, 0.29) is 12.6 Å². The minimum Gasteiger partial charge on any atom is -0.493 e. The van der Waals surface area contributed by atoms with Gasteiger partial charge in [0.05, 0.1) is 26.9 Å². The molecular formula is C14H20F3NO3. The number of alkyl halides is 3. The van der Waals surface area contributed by atoms with Gasteiger partial charge in [-0.15, -0.1) is 0 Å². The fourth-order valence-corrected chi connectivity index (χ4v) is 1.75. The molecular weight excluding hydrogens is 287 g/mol. The maximum atomic E-state index is 12.4.